The quantitative estimate of drug-likeness (QED) is 0.516. The van der Waals surface area contributed by atoms with Gasteiger partial charge in [0, 0.05) is 0 Å². The third-order valence-corrected chi connectivity index (χ3v) is 1.83. The summed E-state index contributed by atoms with van der Waals surface area (Å²) in [5.41, 5.74) is 1.76. The van der Waals surface area contributed by atoms with Gasteiger partial charge in [-0.15, -0.1) is 12.6 Å². The van der Waals surface area contributed by atoms with Gasteiger partial charge in [0.1, 0.15) is 0 Å². The molecule has 1 aliphatic rings. The lowest BCUT2D eigenvalue weighted by Gasteiger charge is -1.97. The van der Waals surface area contributed by atoms with Crippen molar-refractivity contribution in [1.29, 1.82) is 0 Å². The maximum atomic E-state index is 9.33. The van der Waals surface area contributed by atoms with Crippen molar-refractivity contribution in [2.45, 2.75) is 20.8 Å². The van der Waals surface area contributed by atoms with Gasteiger partial charge in [-0.3, -0.25) is 0 Å². The summed E-state index contributed by atoms with van der Waals surface area (Å²) < 4.78 is 5.01. The minimum absolute atomic E-state index is 0.463. The van der Waals surface area contributed by atoms with E-state index in [9.17, 15) is 5.02 Å². The molecule has 0 aromatic rings. The van der Waals surface area contributed by atoms with Crippen molar-refractivity contribution < 1.29 is 9.68 Å². The smallest absolute Gasteiger partial charge is 0.423 e. The van der Waals surface area contributed by atoms with Crippen LogP contribution in [0.15, 0.2) is 34.7 Å². The van der Waals surface area contributed by atoms with E-state index in [1.165, 1.54) is 0 Å². The van der Waals surface area contributed by atoms with Crippen LogP contribution in [-0.2, 0) is 4.65 Å². The molecule has 1 heterocycles. The van der Waals surface area contributed by atoms with Gasteiger partial charge in [0.2, 0.25) is 0 Å². The third-order valence-electron chi connectivity index (χ3n) is 1.70. The van der Waals surface area contributed by atoms with Crippen molar-refractivity contribution in [3.63, 3.8) is 0 Å². The van der Waals surface area contributed by atoms with Crippen LogP contribution < -0.4 is 0 Å². The molecule has 78 valence electrons. The van der Waals surface area contributed by atoms with E-state index in [2.05, 4.69) is 19.2 Å². The molecule has 4 heteroatoms. The summed E-state index contributed by atoms with van der Waals surface area (Å²) in [5.74, 6) is 0. The molecule has 0 saturated carbocycles. The molecule has 0 aromatic heterocycles. The minimum Gasteiger partial charge on any atom is -0.423 e. The lowest BCUT2D eigenvalue weighted by atomic mass is 9.77. The van der Waals surface area contributed by atoms with Gasteiger partial charge in [-0.1, -0.05) is 26.5 Å². The van der Waals surface area contributed by atoms with Crippen LogP contribution in [0.1, 0.15) is 20.8 Å². The first-order valence-electron chi connectivity index (χ1n) is 4.70. The Balaban J connectivity index is 0.000000791. The summed E-state index contributed by atoms with van der Waals surface area (Å²) in [6, 6.07) is 0. The molecule has 0 amide bonds. The summed E-state index contributed by atoms with van der Waals surface area (Å²) in [4.78, 5) is 0.619. The van der Waals surface area contributed by atoms with Gasteiger partial charge >= 0.3 is 7.12 Å². The van der Waals surface area contributed by atoms with E-state index < -0.39 is 7.12 Å². The molecule has 2 nitrogen and oxygen atoms in total. The fraction of sp³-hybridized carbons (Fsp3) is 0.400. The highest BCUT2D eigenvalue weighted by molar-refractivity contribution is 7.84. The lowest BCUT2D eigenvalue weighted by Crippen LogP contribution is -2.12. The number of thiol groups is 1. The van der Waals surface area contributed by atoms with Crippen molar-refractivity contribution in [2.24, 2.45) is 0 Å². The Bertz CT molecular complexity index is 259. The zero-order valence-electron chi connectivity index (χ0n) is 8.95. The van der Waals surface area contributed by atoms with Gasteiger partial charge < -0.3 is 9.68 Å². The average molecular weight is 212 g/mol. The number of hydrogen-bond donors (Lipinski definition) is 2. The highest BCUT2D eigenvalue weighted by Crippen LogP contribution is 2.23. The predicted octanol–water partition coefficient (Wildman–Crippen LogP) is 2.38. The molecule has 1 saturated heterocycles. The SMILES string of the molecule is C=C(S)/C=C1/B(O)OC/C1=C/C.CC. The molecular formula is C10H17BO2S. The third kappa shape index (κ3) is 3.74. The summed E-state index contributed by atoms with van der Waals surface area (Å²) in [5, 5.41) is 9.33. The molecule has 0 radical (unpaired) electrons. The van der Waals surface area contributed by atoms with Gasteiger partial charge in [0.25, 0.3) is 0 Å². The summed E-state index contributed by atoms with van der Waals surface area (Å²) in [6.45, 7) is 9.99. The van der Waals surface area contributed by atoms with Crippen molar-refractivity contribution in [1.82, 2.24) is 0 Å². The summed E-state index contributed by atoms with van der Waals surface area (Å²) >= 11 is 4.03. The van der Waals surface area contributed by atoms with Crippen molar-refractivity contribution in [3.05, 3.63) is 34.7 Å². The van der Waals surface area contributed by atoms with Gasteiger partial charge in [-0.25, -0.2) is 0 Å². The fourth-order valence-corrected chi connectivity index (χ4v) is 1.23. The van der Waals surface area contributed by atoms with Crippen molar-refractivity contribution in [2.75, 3.05) is 6.61 Å². The largest absolute Gasteiger partial charge is 0.491 e. The Morgan fingerprint density at radius 1 is 1.64 bits per heavy atom. The van der Waals surface area contributed by atoms with Crippen molar-refractivity contribution >= 4 is 19.7 Å². The molecule has 14 heavy (non-hydrogen) atoms. The molecule has 0 atom stereocenters. The standard InChI is InChI=1S/C8H11BO2S.C2H6/c1-3-7-5-11-9(10)8(7)4-6(2)12;1-2/h3-4,10,12H,2,5H2,1H3;1-2H3/b7-3-,8-4+;. The van der Waals surface area contributed by atoms with Gasteiger partial charge in [-0.05, 0) is 29.0 Å². The molecule has 0 aliphatic carbocycles. The molecule has 0 aromatic carbocycles. The number of rotatable bonds is 1. The van der Waals surface area contributed by atoms with Crippen LogP contribution >= 0.6 is 12.6 Å². The Morgan fingerprint density at radius 3 is 2.64 bits per heavy atom. The molecule has 1 aliphatic heterocycles. The molecule has 1 N–H and O–H groups in total. The summed E-state index contributed by atoms with van der Waals surface area (Å²) in [7, 11) is -0.819. The lowest BCUT2D eigenvalue weighted by molar-refractivity contribution is 0.316. The van der Waals surface area contributed by atoms with Crippen LogP contribution in [0, 0.1) is 0 Å². The Hall–Kier alpha value is -0.445. The van der Waals surface area contributed by atoms with Crippen LogP contribution in [0.5, 0.6) is 0 Å². The van der Waals surface area contributed by atoms with E-state index in [0.29, 0.717) is 11.5 Å². The first-order chi connectivity index (χ1) is 6.65. The van der Waals surface area contributed by atoms with E-state index >= 15 is 0 Å². The first kappa shape index (κ1) is 13.6. The fourth-order valence-electron chi connectivity index (χ4n) is 1.09. The zero-order chi connectivity index (χ0) is 11.1. The van der Waals surface area contributed by atoms with E-state index in [1.54, 1.807) is 6.08 Å². The van der Waals surface area contributed by atoms with E-state index in [4.69, 9.17) is 4.65 Å². The molecule has 0 bridgehead atoms. The molecular weight excluding hydrogens is 195 g/mol. The van der Waals surface area contributed by atoms with E-state index in [1.807, 2.05) is 26.8 Å². The van der Waals surface area contributed by atoms with E-state index in [-0.39, 0.29) is 0 Å². The number of allylic oxidation sites excluding steroid dienone is 2. The van der Waals surface area contributed by atoms with Crippen LogP contribution in [-0.4, -0.2) is 18.7 Å². The van der Waals surface area contributed by atoms with Crippen LogP contribution in [0.2, 0.25) is 0 Å². The minimum atomic E-state index is -0.819. The molecule has 0 unspecified atom stereocenters. The normalized spacial score (nSPS) is 21.1. The zero-order valence-corrected chi connectivity index (χ0v) is 9.84. The molecule has 0 spiro atoms. The number of hydrogen-bond acceptors (Lipinski definition) is 3. The van der Waals surface area contributed by atoms with Crippen LogP contribution in [0.3, 0.4) is 0 Å². The second-order valence-corrected chi connectivity index (χ2v) is 3.14. The Labute approximate surface area is 91.9 Å². The average Bonchev–Trinajstić information content (AvgIpc) is 2.51. The van der Waals surface area contributed by atoms with E-state index in [0.717, 1.165) is 11.0 Å². The monoisotopic (exact) mass is 212 g/mol. The predicted molar refractivity (Wildman–Crippen MR) is 65.2 cm³/mol. The first-order valence-corrected chi connectivity index (χ1v) is 5.14. The van der Waals surface area contributed by atoms with Crippen LogP contribution in [0.4, 0.5) is 0 Å². The van der Waals surface area contributed by atoms with Gasteiger partial charge in [-0.2, -0.15) is 0 Å². The highest BCUT2D eigenvalue weighted by Gasteiger charge is 2.29. The molecule has 1 fully saturated rings. The van der Waals surface area contributed by atoms with Gasteiger partial charge in [0.05, 0.1) is 6.61 Å². The van der Waals surface area contributed by atoms with Gasteiger partial charge in [0.15, 0.2) is 0 Å². The Kier molecular flexibility index (Phi) is 6.71. The second-order valence-electron chi connectivity index (χ2n) is 2.57. The second kappa shape index (κ2) is 6.93. The van der Waals surface area contributed by atoms with Crippen molar-refractivity contribution in [3.8, 4) is 0 Å². The van der Waals surface area contributed by atoms with Crippen LogP contribution in [0.25, 0.3) is 0 Å². The maximum Gasteiger partial charge on any atom is 0.491 e. The topological polar surface area (TPSA) is 29.5 Å². The Morgan fingerprint density at radius 2 is 2.21 bits per heavy atom. The highest BCUT2D eigenvalue weighted by atomic mass is 32.1. The maximum absolute atomic E-state index is 9.33. The molecule has 1 rings (SSSR count). The summed E-state index contributed by atoms with van der Waals surface area (Å²) in [6.07, 6.45) is 3.63.